The summed E-state index contributed by atoms with van der Waals surface area (Å²) in [5.74, 6) is 0.736. The second kappa shape index (κ2) is 4.49. The van der Waals surface area contributed by atoms with Crippen molar-refractivity contribution in [1.29, 1.82) is 0 Å². The van der Waals surface area contributed by atoms with Gasteiger partial charge in [-0.1, -0.05) is 24.3 Å². The number of fused-ring (bicyclic) bond motifs is 1. The van der Waals surface area contributed by atoms with Gasteiger partial charge in [0.25, 0.3) is 0 Å². The van der Waals surface area contributed by atoms with E-state index in [1.807, 2.05) is 0 Å². The number of carbonyl (C=O) groups is 1. The summed E-state index contributed by atoms with van der Waals surface area (Å²) >= 11 is 0. The molecule has 1 aromatic rings. The molecule has 90 valence electrons. The molecule has 1 atom stereocenters. The van der Waals surface area contributed by atoms with Crippen molar-refractivity contribution >= 4 is 5.91 Å². The molecule has 17 heavy (non-hydrogen) atoms. The summed E-state index contributed by atoms with van der Waals surface area (Å²) in [6.07, 6.45) is 3.46. The summed E-state index contributed by atoms with van der Waals surface area (Å²) in [5.41, 5.74) is 2.91. The van der Waals surface area contributed by atoms with Crippen molar-refractivity contribution in [2.45, 2.75) is 31.2 Å². The van der Waals surface area contributed by atoms with Crippen LogP contribution >= 0.6 is 0 Å². The van der Waals surface area contributed by atoms with Crippen molar-refractivity contribution in [3.63, 3.8) is 0 Å². The van der Waals surface area contributed by atoms with Gasteiger partial charge in [-0.05, 0) is 30.4 Å². The molecule has 3 nitrogen and oxygen atoms in total. The van der Waals surface area contributed by atoms with Crippen LogP contribution in [0, 0.1) is 0 Å². The Morgan fingerprint density at radius 1 is 1.29 bits per heavy atom. The van der Waals surface area contributed by atoms with Gasteiger partial charge >= 0.3 is 0 Å². The summed E-state index contributed by atoms with van der Waals surface area (Å²) in [7, 11) is 0. The Labute approximate surface area is 102 Å². The van der Waals surface area contributed by atoms with Crippen LogP contribution in [0.3, 0.4) is 0 Å². The van der Waals surface area contributed by atoms with E-state index in [0.717, 1.165) is 25.8 Å². The van der Waals surface area contributed by atoms with E-state index < -0.39 is 0 Å². The van der Waals surface area contributed by atoms with Crippen LogP contribution in [-0.2, 0) is 11.2 Å². The first-order valence-corrected chi connectivity index (χ1v) is 6.41. The first-order valence-electron chi connectivity index (χ1n) is 6.41. The number of hydrogen-bond donors (Lipinski definition) is 2. The Morgan fingerprint density at radius 3 is 2.88 bits per heavy atom. The molecule has 0 saturated heterocycles. The zero-order chi connectivity index (χ0) is 11.7. The predicted molar refractivity (Wildman–Crippen MR) is 66.9 cm³/mol. The van der Waals surface area contributed by atoms with E-state index in [1.165, 1.54) is 11.1 Å². The van der Waals surface area contributed by atoms with E-state index in [-0.39, 0.29) is 5.91 Å². The molecule has 0 bridgehead atoms. The monoisotopic (exact) mass is 230 g/mol. The summed E-state index contributed by atoms with van der Waals surface area (Å²) in [6, 6.07) is 9.02. The van der Waals surface area contributed by atoms with E-state index in [1.54, 1.807) is 0 Å². The fraction of sp³-hybridized carbons (Fsp3) is 0.500. The van der Waals surface area contributed by atoms with E-state index in [2.05, 4.69) is 34.9 Å². The number of benzene rings is 1. The maximum Gasteiger partial charge on any atom is 0.234 e. The average molecular weight is 230 g/mol. The first-order chi connectivity index (χ1) is 8.33. The van der Waals surface area contributed by atoms with Crippen LogP contribution in [0.4, 0.5) is 0 Å². The van der Waals surface area contributed by atoms with Crippen molar-refractivity contribution < 1.29 is 4.79 Å². The number of rotatable bonds is 5. The van der Waals surface area contributed by atoms with E-state index >= 15 is 0 Å². The van der Waals surface area contributed by atoms with Crippen molar-refractivity contribution in [3.05, 3.63) is 35.4 Å². The number of carbonyl (C=O) groups excluding carboxylic acids is 1. The third-order valence-corrected chi connectivity index (χ3v) is 3.58. The lowest BCUT2D eigenvalue weighted by atomic mass is 9.78. The van der Waals surface area contributed by atoms with Crippen molar-refractivity contribution in [3.8, 4) is 0 Å². The molecule has 1 aromatic carbocycles. The zero-order valence-corrected chi connectivity index (χ0v) is 9.91. The Kier molecular flexibility index (Phi) is 2.85. The van der Waals surface area contributed by atoms with Gasteiger partial charge in [-0.3, -0.25) is 4.79 Å². The van der Waals surface area contributed by atoms with Gasteiger partial charge in [0.1, 0.15) is 0 Å². The molecule has 1 saturated carbocycles. The Hall–Kier alpha value is -1.35. The summed E-state index contributed by atoms with van der Waals surface area (Å²) in [4.78, 5) is 11.5. The zero-order valence-electron chi connectivity index (χ0n) is 9.91. The van der Waals surface area contributed by atoms with E-state index in [9.17, 15) is 4.79 Å². The van der Waals surface area contributed by atoms with Gasteiger partial charge in [0.05, 0.1) is 6.54 Å². The van der Waals surface area contributed by atoms with Crippen LogP contribution in [0.15, 0.2) is 24.3 Å². The fourth-order valence-corrected chi connectivity index (χ4v) is 2.41. The molecular weight excluding hydrogens is 212 g/mol. The molecule has 2 aliphatic carbocycles. The first kappa shape index (κ1) is 10.8. The molecule has 0 radical (unpaired) electrons. The van der Waals surface area contributed by atoms with E-state index in [4.69, 9.17) is 0 Å². The number of nitrogens with one attached hydrogen (secondary N) is 2. The predicted octanol–water partition coefficient (Wildman–Crippen LogP) is 1.19. The molecule has 0 aromatic heterocycles. The highest BCUT2D eigenvalue weighted by atomic mass is 16.2. The summed E-state index contributed by atoms with van der Waals surface area (Å²) in [6.45, 7) is 1.37. The van der Waals surface area contributed by atoms with Gasteiger partial charge in [-0.15, -0.1) is 0 Å². The van der Waals surface area contributed by atoms with Gasteiger partial charge < -0.3 is 10.6 Å². The molecule has 2 aliphatic rings. The van der Waals surface area contributed by atoms with Gasteiger partial charge in [0.2, 0.25) is 5.91 Å². The fourth-order valence-electron chi connectivity index (χ4n) is 2.41. The molecule has 1 amide bonds. The van der Waals surface area contributed by atoms with Crippen LogP contribution in [-0.4, -0.2) is 25.0 Å². The van der Waals surface area contributed by atoms with Crippen molar-refractivity contribution in [1.82, 2.24) is 10.6 Å². The summed E-state index contributed by atoms with van der Waals surface area (Å²) < 4.78 is 0. The van der Waals surface area contributed by atoms with Crippen molar-refractivity contribution in [2.24, 2.45) is 0 Å². The molecule has 1 unspecified atom stereocenters. The molecule has 0 aliphatic heterocycles. The van der Waals surface area contributed by atoms with Gasteiger partial charge in [-0.25, -0.2) is 0 Å². The number of amides is 1. The standard InChI is InChI=1S/C14H18N2O/c17-14(16-12-5-6-12)9-15-8-11-7-10-3-1-2-4-13(10)11/h1-4,11-12,15H,5-9H2,(H,16,17). The van der Waals surface area contributed by atoms with Crippen LogP contribution in [0.1, 0.15) is 29.9 Å². The molecule has 1 fully saturated rings. The minimum Gasteiger partial charge on any atom is -0.352 e. The SMILES string of the molecule is O=C(CNCC1Cc2ccccc21)NC1CC1. The van der Waals surface area contributed by atoms with Gasteiger partial charge in [0.15, 0.2) is 0 Å². The van der Waals surface area contributed by atoms with E-state index in [0.29, 0.717) is 18.5 Å². The Balaban J connectivity index is 1.40. The molecule has 2 N–H and O–H groups in total. The van der Waals surface area contributed by atoms with Crippen molar-refractivity contribution in [2.75, 3.05) is 13.1 Å². The molecule has 0 spiro atoms. The molecule has 0 heterocycles. The topological polar surface area (TPSA) is 41.1 Å². The van der Waals surface area contributed by atoms with Gasteiger partial charge in [0, 0.05) is 18.5 Å². The molecule has 3 heteroatoms. The highest BCUT2D eigenvalue weighted by Crippen LogP contribution is 2.33. The molecular formula is C14H18N2O. The summed E-state index contributed by atoms with van der Waals surface area (Å²) in [5, 5.41) is 6.23. The highest BCUT2D eigenvalue weighted by molar-refractivity contribution is 5.78. The quantitative estimate of drug-likeness (QED) is 0.798. The third kappa shape index (κ3) is 2.50. The van der Waals surface area contributed by atoms with Crippen LogP contribution in [0.25, 0.3) is 0 Å². The molecule has 3 rings (SSSR count). The number of hydrogen-bond acceptors (Lipinski definition) is 2. The van der Waals surface area contributed by atoms with Crippen LogP contribution < -0.4 is 10.6 Å². The van der Waals surface area contributed by atoms with Gasteiger partial charge in [-0.2, -0.15) is 0 Å². The maximum atomic E-state index is 11.5. The van der Waals surface area contributed by atoms with Crippen LogP contribution in [0.5, 0.6) is 0 Å². The lowest BCUT2D eigenvalue weighted by molar-refractivity contribution is -0.120. The van der Waals surface area contributed by atoms with Crippen LogP contribution in [0.2, 0.25) is 0 Å². The smallest absolute Gasteiger partial charge is 0.234 e. The Bertz CT molecular complexity index is 426. The maximum absolute atomic E-state index is 11.5. The highest BCUT2D eigenvalue weighted by Gasteiger charge is 2.25. The Morgan fingerprint density at radius 2 is 2.12 bits per heavy atom. The average Bonchev–Trinajstić information content (AvgIpc) is 3.08. The second-order valence-electron chi connectivity index (χ2n) is 5.07. The lowest BCUT2D eigenvalue weighted by Crippen LogP contribution is -2.38. The minimum absolute atomic E-state index is 0.139. The lowest BCUT2D eigenvalue weighted by Gasteiger charge is -2.30. The normalized spacial score (nSPS) is 21.5. The second-order valence-corrected chi connectivity index (χ2v) is 5.07. The minimum atomic E-state index is 0.139. The largest absolute Gasteiger partial charge is 0.352 e. The third-order valence-electron chi connectivity index (χ3n) is 3.58.